The zero-order valence-corrected chi connectivity index (χ0v) is 20.2. The Bertz CT molecular complexity index is 1390. The summed E-state index contributed by atoms with van der Waals surface area (Å²) in [6, 6.07) is 14.1. The van der Waals surface area contributed by atoms with Crippen LogP contribution in [0, 0.1) is 11.6 Å². The van der Waals surface area contributed by atoms with Crippen LogP contribution in [0.4, 0.5) is 25.1 Å². The monoisotopic (exact) mass is 535 g/mol. The van der Waals surface area contributed by atoms with E-state index in [0.29, 0.717) is 27.1 Å². The number of aromatic nitrogens is 2. The van der Waals surface area contributed by atoms with Gasteiger partial charge in [0.05, 0.1) is 0 Å². The fourth-order valence-corrected chi connectivity index (χ4v) is 4.02. The van der Waals surface area contributed by atoms with Gasteiger partial charge in [0.1, 0.15) is 28.7 Å². The van der Waals surface area contributed by atoms with Crippen LogP contribution in [0.25, 0.3) is 16.9 Å². The van der Waals surface area contributed by atoms with Gasteiger partial charge >= 0.3 is 6.03 Å². The Labute approximate surface area is 214 Å². The minimum atomic E-state index is -0.737. The molecule has 0 atom stereocenters. The summed E-state index contributed by atoms with van der Waals surface area (Å²) in [5.41, 5.74) is 7.77. The third-order valence-electron chi connectivity index (χ3n) is 5.11. The number of halogens is 5. The highest BCUT2D eigenvalue weighted by Crippen LogP contribution is 2.35. The summed E-state index contributed by atoms with van der Waals surface area (Å²) in [7, 11) is 0. The minimum Gasteiger partial charge on any atom is -0.382 e. The molecule has 3 aromatic carbocycles. The molecule has 1 heterocycles. The fraction of sp³-hybridized carbons (Fsp3) is 0.0833. The standard InChI is InChI=1S/C24H18Cl3F2N5O/c25-15-4-2-14(3-5-15)21-22(23(30)34(33-21)20-12-17(28)7-8-19(20)29)32-24(35)31-10-9-13-1-6-16(26)11-18(13)27/h1-8,11-12H,9-10,30H2,(H2,31,32,35). The number of nitrogens with one attached hydrogen (secondary N) is 2. The zero-order chi connectivity index (χ0) is 25.1. The molecule has 0 radical (unpaired) electrons. The first-order valence-corrected chi connectivity index (χ1v) is 11.4. The Morgan fingerprint density at radius 2 is 1.69 bits per heavy atom. The van der Waals surface area contributed by atoms with E-state index in [1.165, 1.54) is 0 Å². The van der Waals surface area contributed by atoms with Crippen molar-refractivity contribution in [2.45, 2.75) is 6.42 Å². The average molecular weight is 537 g/mol. The van der Waals surface area contributed by atoms with Crippen molar-refractivity contribution >= 4 is 52.3 Å². The molecule has 1 aromatic heterocycles. The second kappa shape index (κ2) is 10.5. The van der Waals surface area contributed by atoms with Crippen LogP contribution in [0.2, 0.25) is 15.1 Å². The normalized spacial score (nSPS) is 10.9. The highest BCUT2D eigenvalue weighted by Gasteiger charge is 2.22. The first-order chi connectivity index (χ1) is 16.7. The number of rotatable bonds is 6. The first kappa shape index (κ1) is 24.8. The van der Waals surface area contributed by atoms with E-state index in [2.05, 4.69) is 15.7 Å². The number of nitrogens with zero attached hydrogens (tertiary/aromatic N) is 2. The maximum absolute atomic E-state index is 14.5. The van der Waals surface area contributed by atoms with E-state index in [9.17, 15) is 13.6 Å². The van der Waals surface area contributed by atoms with E-state index in [1.807, 2.05) is 0 Å². The van der Waals surface area contributed by atoms with Crippen molar-refractivity contribution in [3.05, 3.63) is 92.9 Å². The minimum absolute atomic E-state index is 0.0876. The van der Waals surface area contributed by atoms with Crippen LogP contribution >= 0.6 is 34.8 Å². The Hall–Kier alpha value is -3.33. The number of amides is 2. The van der Waals surface area contributed by atoms with Crippen LogP contribution < -0.4 is 16.4 Å². The van der Waals surface area contributed by atoms with Crippen LogP contribution in [-0.4, -0.2) is 22.4 Å². The van der Waals surface area contributed by atoms with Crippen LogP contribution in [0.15, 0.2) is 60.7 Å². The summed E-state index contributed by atoms with van der Waals surface area (Å²) in [4.78, 5) is 12.7. The van der Waals surface area contributed by atoms with Gasteiger partial charge in [0.15, 0.2) is 5.82 Å². The molecule has 0 unspecified atom stereocenters. The molecule has 35 heavy (non-hydrogen) atoms. The van der Waals surface area contributed by atoms with E-state index in [0.717, 1.165) is 28.4 Å². The maximum atomic E-state index is 14.5. The Morgan fingerprint density at radius 3 is 2.40 bits per heavy atom. The summed E-state index contributed by atoms with van der Waals surface area (Å²) in [6.07, 6.45) is 0.455. The number of carbonyl (C=O) groups excluding carboxylic acids is 1. The summed E-state index contributed by atoms with van der Waals surface area (Å²) in [6.45, 7) is 0.260. The number of urea groups is 1. The molecule has 4 rings (SSSR count). The van der Waals surface area contributed by atoms with Gasteiger partial charge in [-0.05, 0) is 48.4 Å². The van der Waals surface area contributed by atoms with Gasteiger partial charge in [-0.1, -0.05) is 53.0 Å². The SMILES string of the molecule is Nc1c(NC(=O)NCCc2ccc(Cl)cc2Cl)c(-c2ccc(Cl)cc2)nn1-c1cc(F)ccc1F. The zero-order valence-electron chi connectivity index (χ0n) is 18.0. The van der Waals surface area contributed by atoms with Crippen molar-refractivity contribution in [3.63, 3.8) is 0 Å². The molecule has 0 fully saturated rings. The third-order valence-corrected chi connectivity index (χ3v) is 5.95. The smallest absolute Gasteiger partial charge is 0.319 e. The maximum Gasteiger partial charge on any atom is 0.319 e. The van der Waals surface area contributed by atoms with Crippen LogP contribution in [0.5, 0.6) is 0 Å². The summed E-state index contributed by atoms with van der Waals surface area (Å²) in [5, 5.41) is 11.2. The van der Waals surface area contributed by atoms with Gasteiger partial charge in [-0.15, -0.1) is 0 Å². The molecule has 0 bridgehead atoms. The van der Waals surface area contributed by atoms with Gasteiger partial charge in [0.25, 0.3) is 0 Å². The van der Waals surface area contributed by atoms with E-state index in [4.69, 9.17) is 40.5 Å². The number of anilines is 2. The van der Waals surface area contributed by atoms with Crippen molar-refractivity contribution in [2.75, 3.05) is 17.6 Å². The quantitative estimate of drug-likeness (QED) is 0.256. The van der Waals surface area contributed by atoms with Crippen molar-refractivity contribution in [2.24, 2.45) is 0 Å². The lowest BCUT2D eigenvalue weighted by Crippen LogP contribution is -2.30. The molecule has 11 heteroatoms. The number of benzene rings is 3. The molecule has 4 N–H and O–H groups in total. The summed E-state index contributed by atoms with van der Waals surface area (Å²) < 4.78 is 29.3. The molecule has 6 nitrogen and oxygen atoms in total. The van der Waals surface area contributed by atoms with Crippen LogP contribution in [0.1, 0.15) is 5.56 Å². The molecule has 0 aliphatic carbocycles. The average Bonchev–Trinajstić information content (AvgIpc) is 3.13. The second-order valence-corrected chi connectivity index (χ2v) is 8.77. The van der Waals surface area contributed by atoms with Gasteiger partial charge in [-0.2, -0.15) is 5.10 Å². The van der Waals surface area contributed by atoms with Crippen molar-refractivity contribution in [1.29, 1.82) is 0 Å². The highest BCUT2D eigenvalue weighted by atomic mass is 35.5. The number of hydrogen-bond donors (Lipinski definition) is 3. The predicted octanol–water partition coefficient (Wildman–Crippen LogP) is 6.72. The molecule has 0 aliphatic heterocycles. The lowest BCUT2D eigenvalue weighted by Gasteiger charge is -2.10. The van der Waals surface area contributed by atoms with Gasteiger partial charge < -0.3 is 16.4 Å². The van der Waals surface area contributed by atoms with Crippen LogP contribution in [0.3, 0.4) is 0 Å². The van der Waals surface area contributed by atoms with Gasteiger partial charge in [0.2, 0.25) is 0 Å². The summed E-state index contributed by atoms with van der Waals surface area (Å²) in [5.74, 6) is -1.49. The lowest BCUT2D eigenvalue weighted by molar-refractivity contribution is 0.252. The molecular formula is C24H18Cl3F2N5O. The van der Waals surface area contributed by atoms with Crippen molar-refractivity contribution in [3.8, 4) is 16.9 Å². The number of hydrogen-bond acceptors (Lipinski definition) is 3. The van der Waals surface area contributed by atoms with E-state index in [1.54, 1.807) is 42.5 Å². The number of nitrogen functional groups attached to an aromatic ring is 1. The van der Waals surface area contributed by atoms with Gasteiger partial charge in [-0.25, -0.2) is 18.3 Å². The van der Waals surface area contributed by atoms with E-state index in [-0.39, 0.29) is 29.4 Å². The highest BCUT2D eigenvalue weighted by molar-refractivity contribution is 6.35. The molecular weight excluding hydrogens is 519 g/mol. The molecule has 180 valence electrons. The molecule has 0 saturated carbocycles. The Kier molecular flexibility index (Phi) is 7.45. The Morgan fingerprint density at radius 1 is 0.971 bits per heavy atom. The van der Waals surface area contributed by atoms with Crippen LogP contribution in [-0.2, 0) is 6.42 Å². The van der Waals surface area contributed by atoms with Gasteiger partial charge in [-0.3, -0.25) is 0 Å². The molecule has 4 aromatic rings. The van der Waals surface area contributed by atoms with E-state index < -0.39 is 17.7 Å². The lowest BCUT2D eigenvalue weighted by atomic mass is 10.1. The fourth-order valence-electron chi connectivity index (χ4n) is 3.39. The largest absolute Gasteiger partial charge is 0.382 e. The molecule has 0 aliphatic rings. The van der Waals surface area contributed by atoms with Crippen molar-refractivity contribution < 1.29 is 13.6 Å². The first-order valence-electron chi connectivity index (χ1n) is 10.3. The predicted molar refractivity (Wildman–Crippen MR) is 136 cm³/mol. The van der Waals surface area contributed by atoms with Gasteiger partial charge in [0, 0.05) is 33.2 Å². The number of nitrogens with two attached hydrogens (primary N) is 1. The number of carbonyl (C=O) groups is 1. The summed E-state index contributed by atoms with van der Waals surface area (Å²) >= 11 is 18.1. The topological polar surface area (TPSA) is 85.0 Å². The van der Waals surface area contributed by atoms with Crippen molar-refractivity contribution in [1.82, 2.24) is 15.1 Å². The molecule has 0 spiro atoms. The molecule has 2 amide bonds. The Balaban J connectivity index is 1.61. The van der Waals surface area contributed by atoms with E-state index >= 15 is 0 Å². The molecule has 0 saturated heterocycles. The second-order valence-electron chi connectivity index (χ2n) is 7.49. The third kappa shape index (κ3) is 5.67.